The van der Waals surface area contributed by atoms with Gasteiger partial charge in [0.15, 0.2) is 0 Å². The Kier molecular flexibility index (Phi) is 1.74. The lowest BCUT2D eigenvalue weighted by Gasteiger charge is -2.14. The van der Waals surface area contributed by atoms with Gasteiger partial charge in [0.25, 0.3) is 0 Å². The van der Waals surface area contributed by atoms with Crippen LogP contribution in [0, 0.1) is 0 Å². The Hall–Kier alpha value is -0.860. The first-order valence-corrected chi connectivity index (χ1v) is 3.51. The molecule has 0 saturated heterocycles. The van der Waals surface area contributed by atoms with Crippen molar-refractivity contribution in [2.45, 2.75) is 26.3 Å². The first-order valence-electron chi connectivity index (χ1n) is 3.51. The summed E-state index contributed by atoms with van der Waals surface area (Å²) >= 11 is 0. The number of hydrogen-bond acceptors (Lipinski definition) is 1. The molecule has 3 heteroatoms. The van der Waals surface area contributed by atoms with Crippen LogP contribution in [-0.2, 0) is 0 Å². The minimum Gasteiger partial charge on any atom is -0.318 e. The number of rotatable bonds is 1. The molecule has 10 heavy (non-hydrogen) atoms. The highest BCUT2D eigenvalue weighted by Crippen LogP contribution is 2.11. The van der Waals surface area contributed by atoms with Gasteiger partial charge in [-0.1, -0.05) is 6.92 Å². The topological polar surface area (TPSA) is 32.7 Å². The Labute approximate surface area is 60.7 Å². The van der Waals surface area contributed by atoms with Crippen LogP contribution in [0.15, 0.2) is 4.99 Å². The van der Waals surface area contributed by atoms with Crippen molar-refractivity contribution >= 4 is 11.7 Å². The summed E-state index contributed by atoms with van der Waals surface area (Å²) in [6.07, 6.45) is 0.872. The fourth-order valence-electron chi connectivity index (χ4n) is 1.06. The second-order valence-electron chi connectivity index (χ2n) is 2.53. The van der Waals surface area contributed by atoms with Gasteiger partial charge in [-0.05, 0) is 13.3 Å². The van der Waals surface area contributed by atoms with Gasteiger partial charge in [0.1, 0.15) is 0 Å². The van der Waals surface area contributed by atoms with Crippen LogP contribution in [0.1, 0.15) is 20.3 Å². The van der Waals surface area contributed by atoms with Gasteiger partial charge in [-0.3, -0.25) is 0 Å². The average molecular weight is 140 g/mol. The molecule has 56 valence electrons. The second-order valence-corrected chi connectivity index (χ2v) is 2.53. The normalized spacial score (nSPS) is 25.5. The maximum Gasteiger partial charge on any atom is 0.343 e. The van der Waals surface area contributed by atoms with E-state index in [9.17, 15) is 4.79 Å². The van der Waals surface area contributed by atoms with E-state index >= 15 is 0 Å². The Morgan fingerprint density at radius 3 is 2.50 bits per heavy atom. The van der Waals surface area contributed by atoms with Crippen molar-refractivity contribution in [3.05, 3.63) is 0 Å². The molecule has 1 rings (SSSR count). The van der Waals surface area contributed by atoms with Crippen LogP contribution < -0.4 is 0 Å². The van der Waals surface area contributed by atoms with Crippen LogP contribution in [0.4, 0.5) is 4.79 Å². The molecule has 0 N–H and O–H groups in total. The molecule has 1 heterocycles. The van der Waals surface area contributed by atoms with Crippen LogP contribution in [-0.4, -0.2) is 29.7 Å². The highest BCUT2D eigenvalue weighted by molar-refractivity contribution is 6.04. The van der Waals surface area contributed by atoms with E-state index in [-0.39, 0.29) is 12.1 Å². The van der Waals surface area contributed by atoms with Crippen LogP contribution in [0.3, 0.4) is 0 Å². The summed E-state index contributed by atoms with van der Waals surface area (Å²) in [5, 5.41) is 0. The average Bonchev–Trinajstić information content (AvgIpc) is 2.17. The zero-order chi connectivity index (χ0) is 7.72. The molecule has 0 spiro atoms. The lowest BCUT2D eigenvalue weighted by Crippen LogP contribution is -2.30. The van der Waals surface area contributed by atoms with Crippen molar-refractivity contribution in [1.29, 1.82) is 0 Å². The van der Waals surface area contributed by atoms with Crippen molar-refractivity contribution in [2.75, 3.05) is 7.05 Å². The first-order chi connectivity index (χ1) is 4.66. The molecule has 0 aromatic heterocycles. The largest absolute Gasteiger partial charge is 0.343 e. The fraction of sp³-hybridized carbons (Fsp3) is 0.714. The summed E-state index contributed by atoms with van der Waals surface area (Å²) < 4.78 is 0. The van der Waals surface area contributed by atoms with Crippen LogP contribution in [0.25, 0.3) is 0 Å². The lowest BCUT2D eigenvalue weighted by atomic mass is 10.1. The Morgan fingerprint density at radius 2 is 2.30 bits per heavy atom. The molecule has 1 unspecified atom stereocenters. The summed E-state index contributed by atoms with van der Waals surface area (Å²) in [6, 6.07) is 0.0989. The van der Waals surface area contributed by atoms with Crippen molar-refractivity contribution in [3.8, 4) is 0 Å². The van der Waals surface area contributed by atoms with E-state index in [2.05, 4.69) is 4.99 Å². The lowest BCUT2D eigenvalue weighted by molar-refractivity contribution is 0.220. The molecule has 0 radical (unpaired) electrons. The number of urea groups is 1. The van der Waals surface area contributed by atoms with Crippen LogP contribution in [0.2, 0.25) is 0 Å². The summed E-state index contributed by atoms with van der Waals surface area (Å²) in [4.78, 5) is 16.4. The van der Waals surface area contributed by atoms with Gasteiger partial charge in [-0.2, -0.15) is 0 Å². The first kappa shape index (κ1) is 7.25. The Bertz CT molecular complexity index is 186. The van der Waals surface area contributed by atoms with E-state index in [1.807, 2.05) is 13.8 Å². The van der Waals surface area contributed by atoms with Gasteiger partial charge in [0, 0.05) is 12.8 Å². The monoisotopic (exact) mass is 140 g/mol. The van der Waals surface area contributed by atoms with E-state index in [0.29, 0.717) is 0 Å². The summed E-state index contributed by atoms with van der Waals surface area (Å²) in [6.45, 7) is 4.01. The molecule has 0 saturated carbocycles. The molecule has 1 atom stereocenters. The molecule has 3 nitrogen and oxygen atoms in total. The SMILES string of the molecule is CCC1=NC(=O)N(C)C1C. The molecule has 0 aromatic carbocycles. The van der Waals surface area contributed by atoms with Gasteiger partial charge in [0.05, 0.1) is 6.04 Å². The molecular formula is C7H12N2O. The quantitative estimate of drug-likeness (QED) is 0.540. The van der Waals surface area contributed by atoms with Gasteiger partial charge in [-0.25, -0.2) is 9.79 Å². The Balaban J connectivity index is 2.78. The molecule has 0 aromatic rings. The number of carbonyl (C=O) groups excluding carboxylic acids is 1. The number of nitrogens with zero attached hydrogens (tertiary/aromatic N) is 2. The molecule has 1 aliphatic heterocycles. The number of carbonyl (C=O) groups is 1. The molecule has 0 aliphatic carbocycles. The van der Waals surface area contributed by atoms with Gasteiger partial charge in [0.2, 0.25) is 0 Å². The van der Waals surface area contributed by atoms with Gasteiger partial charge < -0.3 is 4.90 Å². The van der Waals surface area contributed by atoms with Gasteiger partial charge >= 0.3 is 6.03 Å². The summed E-state index contributed by atoms with van der Waals surface area (Å²) in [5.41, 5.74) is 0.993. The zero-order valence-electron chi connectivity index (χ0n) is 6.59. The molecule has 1 aliphatic rings. The molecule has 0 fully saturated rings. The van der Waals surface area contributed by atoms with E-state index in [1.165, 1.54) is 0 Å². The third-order valence-electron chi connectivity index (χ3n) is 1.97. The summed E-state index contributed by atoms with van der Waals surface area (Å²) in [7, 11) is 1.78. The van der Waals surface area contributed by atoms with E-state index < -0.39 is 0 Å². The van der Waals surface area contributed by atoms with Crippen LogP contribution in [0.5, 0.6) is 0 Å². The van der Waals surface area contributed by atoms with Crippen molar-refractivity contribution < 1.29 is 4.79 Å². The molecular weight excluding hydrogens is 128 g/mol. The third-order valence-corrected chi connectivity index (χ3v) is 1.97. The zero-order valence-corrected chi connectivity index (χ0v) is 6.59. The maximum atomic E-state index is 10.9. The van der Waals surface area contributed by atoms with Crippen molar-refractivity contribution in [2.24, 2.45) is 4.99 Å². The van der Waals surface area contributed by atoms with Crippen molar-refractivity contribution in [1.82, 2.24) is 4.90 Å². The van der Waals surface area contributed by atoms with Crippen molar-refractivity contribution in [3.63, 3.8) is 0 Å². The third kappa shape index (κ3) is 0.916. The second kappa shape index (κ2) is 2.40. The Morgan fingerprint density at radius 1 is 1.70 bits per heavy atom. The number of hydrogen-bond donors (Lipinski definition) is 0. The highest BCUT2D eigenvalue weighted by Gasteiger charge is 2.25. The van der Waals surface area contributed by atoms with E-state index in [4.69, 9.17) is 0 Å². The fourth-order valence-corrected chi connectivity index (χ4v) is 1.06. The number of aliphatic imine (C=N–C) groups is 1. The predicted octanol–water partition coefficient (Wildman–Crippen LogP) is 1.29. The van der Waals surface area contributed by atoms with Crippen LogP contribution >= 0.6 is 0 Å². The predicted molar refractivity (Wildman–Crippen MR) is 40.3 cm³/mol. The molecule has 2 amide bonds. The highest BCUT2D eigenvalue weighted by atomic mass is 16.2. The maximum absolute atomic E-state index is 10.9. The van der Waals surface area contributed by atoms with E-state index in [0.717, 1.165) is 12.1 Å². The summed E-state index contributed by atoms with van der Waals surface area (Å²) in [5.74, 6) is 0. The smallest absolute Gasteiger partial charge is 0.318 e. The number of amides is 2. The minimum absolute atomic E-state index is 0.107. The minimum atomic E-state index is -0.107. The van der Waals surface area contributed by atoms with Gasteiger partial charge in [-0.15, -0.1) is 0 Å². The van der Waals surface area contributed by atoms with E-state index in [1.54, 1.807) is 11.9 Å². The standard InChI is InChI=1S/C7H12N2O/c1-4-6-5(2)9(3)7(10)8-6/h5H,4H2,1-3H3. The molecule has 0 bridgehead atoms.